The predicted octanol–water partition coefficient (Wildman–Crippen LogP) is 0.948. The fraction of sp³-hybridized carbons (Fsp3) is 0.750. The smallest absolute Gasteiger partial charge is 0.0719 e. The van der Waals surface area contributed by atoms with Gasteiger partial charge in [-0.1, -0.05) is 13.8 Å². The van der Waals surface area contributed by atoms with Crippen LogP contribution in [0.2, 0.25) is 0 Å². The second kappa shape index (κ2) is 7.29. The Morgan fingerprint density at radius 2 is 2.12 bits per heavy atom. The van der Waals surface area contributed by atoms with Crippen molar-refractivity contribution in [1.29, 1.82) is 0 Å². The van der Waals surface area contributed by atoms with Crippen LogP contribution in [0.4, 0.5) is 5.69 Å². The third kappa shape index (κ3) is 4.36. The van der Waals surface area contributed by atoms with E-state index in [9.17, 15) is 0 Å². The van der Waals surface area contributed by atoms with Gasteiger partial charge in [-0.15, -0.1) is 0 Å². The Morgan fingerprint density at radius 3 is 2.59 bits per heavy atom. The molecule has 1 aromatic rings. The van der Waals surface area contributed by atoms with Crippen molar-refractivity contribution in [3.63, 3.8) is 0 Å². The first-order valence-electron chi connectivity index (χ1n) is 6.34. The van der Waals surface area contributed by atoms with E-state index in [2.05, 4.69) is 23.8 Å². The number of nitrogens with zero attached hydrogens (tertiary/aromatic N) is 3. The molecular weight excluding hydrogens is 216 g/mol. The van der Waals surface area contributed by atoms with Crippen LogP contribution in [0.15, 0.2) is 12.4 Å². The number of nitrogen functional groups attached to an aromatic ring is 1. The molecule has 0 atom stereocenters. The monoisotopic (exact) mass is 240 g/mol. The van der Waals surface area contributed by atoms with E-state index in [0.717, 1.165) is 32.5 Å². The first kappa shape index (κ1) is 14.0. The molecule has 0 aliphatic heterocycles. The summed E-state index contributed by atoms with van der Waals surface area (Å²) in [6, 6.07) is 0.537. The van der Waals surface area contributed by atoms with Gasteiger partial charge in [0, 0.05) is 25.3 Å². The van der Waals surface area contributed by atoms with Gasteiger partial charge in [-0.05, 0) is 12.8 Å². The molecule has 0 spiro atoms. The summed E-state index contributed by atoms with van der Waals surface area (Å²) in [5.74, 6) is 0. The Labute approximate surface area is 103 Å². The van der Waals surface area contributed by atoms with Crippen LogP contribution in [0.1, 0.15) is 26.7 Å². The van der Waals surface area contributed by atoms with E-state index < -0.39 is 0 Å². The summed E-state index contributed by atoms with van der Waals surface area (Å²) in [5.41, 5.74) is 6.31. The summed E-state index contributed by atoms with van der Waals surface area (Å²) in [5, 5.41) is 13.3. The van der Waals surface area contributed by atoms with E-state index in [1.165, 1.54) is 0 Å². The molecule has 0 fully saturated rings. The summed E-state index contributed by atoms with van der Waals surface area (Å²) in [7, 11) is 0. The lowest BCUT2D eigenvalue weighted by Crippen LogP contribution is -2.38. The first-order chi connectivity index (χ1) is 8.21. The van der Waals surface area contributed by atoms with Crippen molar-refractivity contribution in [2.24, 2.45) is 0 Å². The molecule has 1 aromatic heterocycles. The topological polar surface area (TPSA) is 67.3 Å². The van der Waals surface area contributed by atoms with Crippen LogP contribution in [0.5, 0.6) is 0 Å². The third-order valence-corrected chi connectivity index (χ3v) is 3.12. The molecule has 0 saturated heterocycles. The maximum atomic E-state index is 9.09. The van der Waals surface area contributed by atoms with Gasteiger partial charge in [0.2, 0.25) is 0 Å². The second-order valence-electron chi connectivity index (χ2n) is 4.27. The van der Waals surface area contributed by atoms with Gasteiger partial charge in [-0.2, -0.15) is 5.10 Å². The Balaban J connectivity index is 2.48. The van der Waals surface area contributed by atoms with E-state index in [0.29, 0.717) is 11.7 Å². The van der Waals surface area contributed by atoms with Crippen LogP contribution in [0.3, 0.4) is 0 Å². The highest BCUT2D eigenvalue weighted by molar-refractivity contribution is 5.30. The molecule has 1 rings (SSSR count). The number of hydrogen-bond acceptors (Lipinski definition) is 4. The number of nitrogens with two attached hydrogens (primary N) is 1. The Hall–Kier alpha value is -1.07. The van der Waals surface area contributed by atoms with Crippen LogP contribution in [0, 0.1) is 0 Å². The van der Waals surface area contributed by atoms with E-state index in [-0.39, 0.29) is 6.61 Å². The normalized spacial score (nSPS) is 11.6. The number of aliphatic hydroxyl groups is 1. The van der Waals surface area contributed by atoms with Crippen molar-refractivity contribution in [3.8, 4) is 0 Å². The number of rotatable bonds is 8. The number of aromatic nitrogens is 2. The summed E-state index contributed by atoms with van der Waals surface area (Å²) < 4.78 is 1.85. The molecule has 0 unspecified atom stereocenters. The number of anilines is 1. The summed E-state index contributed by atoms with van der Waals surface area (Å²) >= 11 is 0. The van der Waals surface area contributed by atoms with Gasteiger partial charge in [0.25, 0.3) is 0 Å². The van der Waals surface area contributed by atoms with E-state index >= 15 is 0 Å². The molecule has 98 valence electrons. The first-order valence-corrected chi connectivity index (χ1v) is 6.34. The fourth-order valence-corrected chi connectivity index (χ4v) is 2.14. The molecule has 0 amide bonds. The van der Waals surface area contributed by atoms with E-state index in [1.807, 2.05) is 10.9 Å². The van der Waals surface area contributed by atoms with Gasteiger partial charge in [0.1, 0.15) is 0 Å². The summed E-state index contributed by atoms with van der Waals surface area (Å²) in [6.07, 6.45) is 5.72. The van der Waals surface area contributed by atoms with Crippen LogP contribution in [-0.4, -0.2) is 45.5 Å². The highest BCUT2D eigenvalue weighted by Gasteiger charge is 2.14. The van der Waals surface area contributed by atoms with Gasteiger partial charge in [-0.25, -0.2) is 0 Å². The SMILES string of the molecule is CCC(CC)N(CCO)CCn1cc(N)cn1. The minimum Gasteiger partial charge on any atom is -0.396 e. The molecule has 0 radical (unpaired) electrons. The van der Waals surface area contributed by atoms with Gasteiger partial charge in [-0.3, -0.25) is 9.58 Å². The standard InChI is InChI=1S/C12H24N4O/c1-3-12(4-2)15(7-8-17)5-6-16-10-11(13)9-14-16/h9-10,12,17H,3-8,13H2,1-2H3. The van der Waals surface area contributed by atoms with Crippen molar-refractivity contribution in [2.45, 2.75) is 39.3 Å². The van der Waals surface area contributed by atoms with Gasteiger partial charge in [0.05, 0.1) is 25.0 Å². The van der Waals surface area contributed by atoms with Crippen LogP contribution in [0.25, 0.3) is 0 Å². The average Bonchev–Trinajstić information content (AvgIpc) is 2.73. The molecule has 3 N–H and O–H groups in total. The lowest BCUT2D eigenvalue weighted by Gasteiger charge is -2.29. The van der Waals surface area contributed by atoms with E-state index in [1.54, 1.807) is 6.20 Å². The molecule has 5 nitrogen and oxygen atoms in total. The Morgan fingerprint density at radius 1 is 1.41 bits per heavy atom. The number of aliphatic hydroxyl groups excluding tert-OH is 1. The average molecular weight is 240 g/mol. The van der Waals surface area contributed by atoms with Crippen molar-refractivity contribution < 1.29 is 5.11 Å². The van der Waals surface area contributed by atoms with Crippen LogP contribution >= 0.6 is 0 Å². The maximum absolute atomic E-state index is 9.09. The Kier molecular flexibility index (Phi) is 6.00. The quantitative estimate of drug-likeness (QED) is 0.710. The van der Waals surface area contributed by atoms with Gasteiger partial charge in [0.15, 0.2) is 0 Å². The minimum absolute atomic E-state index is 0.206. The van der Waals surface area contributed by atoms with Crippen LogP contribution in [-0.2, 0) is 6.54 Å². The highest BCUT2D eigenvalue weighted by Crippen LogP contribution is 2.08. The lowest BCUT2D eigenvalue weighted by atomic mass is 10.1. The van der Waals surface area contributed by atoms with Crippen molar-refractivity contribution in [2.75, 3.05) is 25.4 Å². The molecule has 0 aliphatic carbocycles. The summed E-state index contributed by atoms with van der Waals surface area (Å²) in [6.45, 7) is 7.01. The molecule has 1 heterocycles. The largest absolute Gasteiger partial charge is 0.396 e. The van der Waals surface area contributed by atoms with Gasteiger partial charge < -0.3 is 10.8 Å². The molecule has 17 heavy (non-hydrogen) atoms. The lowest BCUT2D eigenvalue weighted by molar-refractivity contribution is 0.137. The van der Waals surface area contributed by atoms with Crippen molar-refractivity contribution in [3.05, 3.63) is 12.4 Å². The second-order valence-corrected chi connectivity index (χ2v) is 4.27. The number of hydrogen-bond donors (Lipinski definition) is 2. The zero-order valence-electron chi connectivity index (χ0n) is 10.8. The molecule has 0 aromatic carbocycles. The Bertz CT molecular complexity index is 309. The highest BCUT2D eigenvalue weighted by atomic mass is 16.3. The molecule has 0 bridgehead atoms. The molecule has 0 saturated carbocycles. The molecule has 5 heteroatoms. The van der Waals surface area contributed by atoms with E-state index in [4.69, 9.17) is 10.8 Å². The minimum atomic E-state index is 0.206. The zero-order chi connectivity index (χ0) is 12.7. The van der Waals surface area contributed by atoms with Crippen LogP contribution < -0.4 is 5.73 Å². The third-order valence-electron chi connectivity index (χ3n) is 3.12. The molecular formula is C12H24N4O. The van der Waals surface area contributed by atoms with Crippen molar-refractivity contribution in [1.82, 2.24) is 14.7 Å². The fourth-order valence-electron chi connectivity index (χ4n) is 2.14. The van der Waals surface area contributed by atoms with Crippen molar-refractivity contribution >= 4 is 5.69 Å². The maximum Gasteiger partial charge on any atom is 0.0719 e. The zero-order valence-corrected chi connectivity index (χ0v) is 10.8. The predicted molar refractivity (Wildman–Crippen MR) is 69.7 cm³/mol. The summed E-state index contributed by atoms with van der Waals surface area (Å²) in [4.78, 5) is 2.32. The van der Waals surface area contributed by atoms with Gasteiger partial charge >= 0.3 is 0 Å². The molecule has 0 aliphatic rings.